The molecule has 0 amide bonds. The summed E-state index contributed by atoms with van der Waals surface area (Å²) >= 11 is 0.356. The second kappa shape index (κ2) is 8.70. The van der Waals surface area contributed by atoms with Gasteiger partial charge in [0.1, 0.15) is 35.0 Å². The fraction of sp³-hybridized carbons (Fsp3) is 0.750. The molecular weight excluding hydrogens is 505 g/mol. The summed E-state index contributed by atoms with van der Waals surface area (Å²) in [7, 11) is 0. The van der Waals surface area contributed by atoms with Gasteiger partial charge in [0.25, 0.3) is 0 Å². The van der Waals surface area contributed by atoms with Crippen LogP contribution in [0.25, 0.3) is 0 Å². The normalized spacial score (nSPS) is 48.6. The van der Waals surface area contributed by atoms with E-state index in [2.05, 4.69) is 0 Å². The predicted molar refractivity (Wildman–Crippen MR) is 133 cm³/mol. The van der Waals surface area contributed by atoms with Crippen molar-refractivity contribution in [2.24, 2.45) is 28.1 Å². The van der Waals surface area contributed by atoms with Crippen LogP contribution in [0.15, 0.2) is 23.8 Å². The maximum Gasteiger partial charge on any atom is 0.315 e. The van der Waals surface area contributed by atoms with Gasteiger partial charge in [-0.15, -0.1) is 0 Å². The summed E-state index contributed by atoms with van der Waals surface area (Å²) in [6.45, 7) is 5.15. The minimum absolute atomic E-state index is 0.0214. The van der Waals surface area contributed by atoms with Crippen molar-refractivity contribution in [2.75, 3.05) is 6.01 Å². The molecule has 5 aliphatic rings. The molecule has 5 aliphatic carbocycles. The number of halogens is 3. The first-order chi connectivity index (χ1) is 17.3. The summed E-state index contributed by atoms with van der Waals surface area (Å²) < 4.78 is 51.4. The van der Waals surface area contributed by atoms with Gasteiger partial charge in [-0.25, -0.2) is 13.2 Å². The number of alkyl halides is 3. The summed E-state index contributed by atoms with van der Waals surface area (Å²) in [5.74, 6) is -1.85. The maximum absolute atomic E-state index is 17.0. The number of fused-ring (bicyclic) bond motifs is 5. The summed E-state index contributed by atoms with van der Waals surface area (Å²) in [4.78, 5) is 38.0. The third kappa shape index (κ3) is 3.51. The van der Waals surface area contributed by atoms with E-state index in [0.717, 1.165) is 0 Å². The summed E-state index contributed by atoms with van der Waals surface area (Å²) in [6.07, 6.45) is 4.44. The Kier molecular flexibility index (Phi) is 6.34. The number of thioether (sulfide) groups is 1. The third-order valence-electron chi connectivity index (χ3n) is 10.9. The summed E-state index contributed by atoms with van der Waals surface area (Å²) in [6, 6.07) is -0.990. The van der Waals surface area contributed by atoms with E-state index in [1.165, 1.54) is 25.2 Å². The predicted octanol–water partition coefficient (Wildman–Crippen LogP) is 5.35. The van der Waals surface area contributed by atoms with Crippen molar-refractivity contribution in [3.8, 4) is 0 Å². The first-order valence-corrected chi connectivity index (χ1v) is 14.2. The van der Waals surface area contributed by atoms with Gasteiger partial charge in [0.15, 0.2) is 5.78 Å². The largest absolute Gasteiger partial charge is 0.461 e. The summed E-state index contributed by atoms with van der Waals surface area (Å²) in [5, 5.41) is 10.4. The van der Waals surface area contributed by atoms with E-state index >= 15 is 8.78 Å². The molecule has 5 rings (SSSR count). The van der Waals surface area contributed by atoms with E-state index in [4.69, 9.17) is 4.74 Å². The molecule has 0 aromatic heterocycles. The molecule has 4 fully saturated rings. The van der Waals surface area contributed by atoms with Crippen LogP contribution in [0.5, 0.6) is 0 Å². The molecule has 1 N–H and O–H groups in total. The molecule has 9 atom stereocenters. The van der Waals surface area contributed by atoms with Crippen molar-refractivity contribution in [2.45, 2.75) is 95.7 Å². The highest BCUT2D eigenvalue weighted by molar-refractivity contribution is 8.13. The van der Waals surface area contributed by atoms with Gasteiger partial charge in [0, 0.05) is 16.7 Å². The standard InChI is InChI=1S/C28H35F3O5S/c1-24-11-12-27(31)18(14-20(30)19-13-16(32)7-10-25(19,27)2)17(24)5-6-21(24)36-22(33)26(3)8-4-9-28(26,35)23(34)37-15-29/h7,10,13,17-18,20-21,35H,4-6,8-9,11-12,14-15H2,1-3H3/t17-,18-,20-,21+,24-,25-,26?,27+,28?/m0/s1. The quantitative estimate of drug-likeness (QED) is 0.484. The van der Waals surface area contributed by atoms with Crippen molar-refractivity contribution in [3.63, 3.8) is 0 Å². The SMILES string of the molecule is CC1(C(=O)O[C@@H]2CC[C@H]3[C@@H]4C[C@H](F)C5=CC(=O)C=C[C@]5(C)[C@@]4(F)CC[C@]23C)CCCC1(O)C(=O)SCF. The molecule has 9 heteroatoms. The van der Waals surface area contributed by atoms with Crippen molar-refractivity contribution in [3.05, 3.63) is 23.8 Å². The monoisotopic (exact) mass is 540 g/mol. The smallest absolute Gasteiger partial charge is 0.315 e. The van der Waals surface area contributed by atoms with Gasteiger partial charge in [-0.05, 0) is 88.9 Å². The highest BCUT2D eigenvalue weighted by atomic mass is 32.2. The number of aliphatic hydroxyl groups is 1. The third-order valence-corrected chi connectivity index (χ3v) is 11.6. The van der Waals surface area contributed by atoms with E-state index in [1.807, 2.05) is 6.92 Å². The fourth-order valence-corrected chi connectivity index (χ4v) is 9.09. The van der Waals surface area contributed by atoms with Crippen LogP contribution in [-0.4, -0.2) is 51.5 Å². The van der Waals surface area contributed by atoms with E-state index in [9.17, 15) is 23.9 Å². The lowest BCUT2D eigenvalue weighted by atomic mass is 9.46. The number of hydrogen-bond donors (Lipinski definition) is 1. The number of hydrogen-bond acceptors (Lipinski definition) is 6. The Morgan fingerprint density at radius 2 is 1.86 bits per heavy atom. The molecular formula is C28H35F3O5S. The molecule has 0 saturated heterocycles. The Bertz CT molecular complexity index is 1090. The molecule has 0 heterocycles. The van der Waals surface area contributed by atoms with Crippen molar-refractivity contribution < 1.29 is 37.4 Å². The summed E-state index contributed by atoms with van der Waals surface area (Å²) in [5.41, 5.74) is -6.82. The molecule has 0 aromatic carbocycles. The van der Waals surface area contributed by atoms with Gasteiger partial charge in [-0.3, -0.25) is 14.4 Å². The molecule has 204 valence electrons. The van der Waals surface area contributed by atoms with Crippen molar-refractivity contribution >= 4 is 28.6 Å². The van der Waals surface area contributed by atoms with Crippen LogP contribution in [0, 0.1) is 28.1 Å². The van der Waals surface area contributed by atoms with Crippen LogP contribution in [0.1, 0.15) is 72.1 Å². The number of ether oxygens (including phenoxy) is 1. The van der Waals surface area contributed by atoms with E-state index in [1.54, 1.807) is 6.92 Å². The van der Waals surface area contributed by atoms with Gasteiger partial charge in [0.05, 0.1) is 0 Å². The van der Waals surface area contributed by atoms with E-state index in [0.29, 0.717) is 37.4 Å². The average Bonchev–Trinajstić information content (AvgIpc) is 3.34. The Balaban J connectivity index is 1.40. The zero-order valence-electron chi connectivity index (χ0n) is 21.5. The lowest BCUT2D eigenvalue weighted by Gasteiger charge is -2.60. The molecule has 37 heavy (non-hydrogen) atoms. The second-order valence-corrected chi connectivity index (χ2v) is 13.3. The number of ketones is 1. The van der Waals surface area contributed by atoms with Crippen LogP contribution in [0.2, 0.25) is 0 Å². The van der Waals surface area contributed by atoms with Crippen LogP contribution in [-0.2, 0) is 19.1 Å². The molecule has 0 spiro atoms. The second-order valence-electron chi connectivity index (χ2n) is 12.4. The van der Waals surface area contributed by atoms with Gasteiger partial charge in [-0.1, -0.05) is 24.8 Å². The zero-order valence-corrected chi connectivity index (χ0v) is 22.3. The lowest BCUT2D eigenvalue weighted by Crippen LogP contribution is -2.62. The molecule has 4 saturated carbocycles. The Labute approximate surface area is 219 Å². The first kappa shape index (κ1) is 27.0. The Morgan fingerprint density at radius 1 is 1.14 bits per heavy atom. The minimum Gasteiger partial charge on any atom is -0.461 e. The maximum atomic E-state index is 17.0. The topological polar surface area (TPSA) is 80.7 Å². The number of esters is 1. The number of rotatable bonds is 4. The number of carbonyl (C=O) groups is 3. The average molecular weight is 541 g/mol. The molecule has 0 radical (unpaired) electrons. The van der Waals surface area contributed by atoms with Gasteiger partial charge < -0.3 is 9.84 Å². The Morgan fingerprint density at radius 3 is 2.57 bits per heavy atom. The number of carbonyl (C=O) groups excluding carboxylic acids is 3. The highest BCUT2D eigenvalue weighted by Crippen LogP contribution is 2.68. The molecule has 0 aromatic rings. The lowest BCUT2D eigenvalue weighted by molar-refractivity contribution is -0.189. The Hall–Kier alpha value is -1.61. The van der Waals surface area contributed by atoms with Gasteiger partial charge in [0.2, 0.25) is 5.12 Å². The van der Waals surface area contributed by atoms with Gasteiger partial charge in [-0.2, -0.15) is 0 Å². The molecule has 2 unspecified atom stereocenters. The molecule has 0 bridgehead atoms. The van der Waals surface area contributed by atoms with Crippen LogP contribution >= 0.6 is 11.8 Å². The number of allylic oxidation sites excluding steroid dienone is 4. The van der Waals surface area contributed by atoms with Crippen LogP contribution in [0.4, 0.5) is 13.2 Å². The van der Waals surface area contributed by atoms with E-state index in [-0.39, 0.29) is 43.0 Å². The van der Waals surface area contributed by atoms with Crippen LogP contribution < -0.4 is 0 Å². The fourth-order valence-electron chi connectivity index (χ4n) is 8.43. The van der Waals surface area contributed by atoms with Crippen molar-refractivity contribution in [1.29, 1.82) is 0 Å². The first-order valence-electron chi connectivity index (χ1n) is 13.2. The molecule has 5 nitrogen and oxygen atoms in total. The molecule has 0 aliphatic heterocycles. The van der Waals surface area contributed by atoms with Crippen molar-refractivity contribution in [1.82, 2.24) is 0 Å². The highest BCUT2D eigenvalue weighted by Gasteiger charge is 2.69. The minimum atomic E-state index is -2.01. The van der Waals surface area contributed by atoms with Gasteiger partial charge >= 0.3 is 5.97 Å². The van der Waals surface area contributed by atoms with Crippen LogP contribution in [0.3, 0.4) is 0 Å². The van der Waals surface area contributed by atoms with E-state index < -0.39 is 62.8 Å². The zero-order chi connectivity index (χ0) is 27.0.